The number of anilines is 1. The van der Waals surface area contributed by atoms with Crippen LogP contribution in [0.25, 0.3) is 10.2 Å². The molecular formula is C18H16N2O3S. The molecule has 5 nitrogen and oxygen atoms in total. The van der Waals surface area contributed by atoms with Gasteiger partial charge in [-0.1, -0.05) is 23.5 Å². The number of carbonyl (C=O) groups is 1. The molecule has 6 heteroatoms. The van der Waals surface area contributed by atoms with Gasteiger partial charge in [0.05, 0.1) is 16.6 Å². The van der Waals surface area contributed by atoms with Gasteiger partial charge in [-0.15, -0.1) is 0 Å². The molecule has 1 aliphatic rings. The summed E-state index contributed by atoms with van der Waals surface area (Å²) in [6.45, 7) is 4.34. The van der Waals surface area contributed by atoms with E-state index in [-0.39, 0.29) is 19.1 Å². The largest absolute Gasteiger partial charge is 0.454 e. The average Bonchev–Trinajstić information content (AvgIpc) is 3.12. The van der Waals surface area contributed by atoms with E-state index in [1.807, 2.05) is 31.2 Å². The summed E-state index contributed by atoms with van der Waals surface area (Å²) in [6, 6.07) is 9.70. The highest BCUT2D eigenvalue weighted by Gasteiger charge is 2.15. The SMILES string of the molecule is Cc1cc(C)c2sc(NC(=O)Cc3ccc4c(c3)OCO4)nc2c1. The van der Waals surface area contributed by atoms with E-state index in [2.05, 4.69) is 23.3 Å². The van der Waals surface area contributed by atoms with Crippen molar-refractivity contribution >= 4 is 32.6 Å². The molecule has 0 radical (unpaired) electrons. The first kappa shape index (κ1) is 15.0. The lowest BCUT2D eigenvalue weighted by Crippen LogP contribution is -2.14. The summed E-state index contributed by atoms with van der Waals surface area (Å²) < 4.78 is 11.7. The number of thiazole rings is 1. The van der Waals surface area contributed by atoms with Crippen LogP contribution in [0.1, 0.15) is 16.7 Å². The van der Waals surface area contributed by atoms with E-state index in [4.69, 9.17) is 9.47 Å². The lowest BCUT2D eigenvalue weighted by Gasteiger charge is -2.03. The Morgan fingerprint density at radius 3 is 2.92 bits per heavy atom. The molecule has 0 bridgehead atoms. The minimum absolute atomic E-state index is 0.0951. The first-order chi connectivity index (χ1) is 11.6. The van der Waals surface area contributed by atoms with Crippen molar-refractivity contribution < 1.29 is 14.3 Å². The predicted octanol–water partition coefficient (Wildman–Crippen LogP) is 3.82. The van der Waals surface area contributed by atoms with Crippen LogP contribution in [0.3, 0.4) is 0 Å². The third-order valence-corrected chi connectivity index (χ3v) is 4.99. The smallest absolute Gasteiger partial charge is 0.231 e. The summed E-state index contributed by atoms with van der Waals surface area (Å²) in [6.07, 6.45) is 0.268. The number of carbonyl (C=O) groups excluding carboxylic acids is 1. The molecule has 0 saturated carbocycles. The molecule has 2 aromatic carbocycles. The quantitative estimate of drug-likeness (QED) is 0.787. The second kappa shape index (κ2) is 5.79. The molecule has 0 saturated heterocycles. The molecule has 1 N–H and O–H groups in total. The minimum atomic E-state index is -0.0951. The van der Waals surface area contributed by atoms with Crippen LogP contribution in [0, 0.1) is 13.8 Å². The highest BCUT2D eigenvalue weighted by Crippen LogP contribution is 2.33. The third-order valence-electron chi connectivity index (χ3n) is 3.87. The van der Waals surface area contributed by atoms with Crippen molar-refractivity contribution in [1.29, 1.82) is 0 Å². The fourth-order valence-corrected chi connectivity index (χ4v) is 3.76. The first-order valence-corrected chi connectivity index (χ1v) is 8.46. The Balaban J connectivity index is 1.51. The van der Waals surface area contributed by atoms with E-state index in [1.165, 1.54) is 22.5 Å². The molecule has 0 unspecified atom stereocenters. The number of aryl methyl sites for hydroxylation is 2. The maximum atomic E-state index is 12.3. The van der Waals surface area contributed by atoms with E-state index in [0.717, 1.165) is 21.5 Å². The topological polar surface area (TPSA) is 60.5 Å². The Morgan fingerprint density at radius 1 is 1.21 bits per heavy atom. The van der Waals surface area contributed by atoms with Gasteiger partial charge in [-0.05, 0) is 48.7 Å². The molecule has 1 aliphatic heterocycles. The zero-order valence-electron chi connectivity index (χ0n) is 13.4. The highest BCUT2D eigenvalue weighted by molar-refractivity contribution is 7.22. The van der Waals surface area contributed by atoms with Gasteiger partial charge >= 0.3 is 0 Å². The third kappa shape index (κ3) is 2.80. The van der Waals surface area contributed by atoms with Gasteiger partial charge in [0.25, 0.3) is 0 Å². The van der Waals surface area contributed by atoms with Gasteiger partial charge < -0.3 is 14.8 Å². The van der Waals surface area contributed by atoms with Gasteiger partial charge in [0.1, 0.15) is 0 Å². The van der Waals surface area contributed by atoms with Crippen LogP contribution in [0.5, 0.6) is 11.5 Å². The first-order valence-electron chi connectivity index (χ1n) is 7.65. The van der Waals surface area contributed by atoms with Crippen molar-refractivity contribution in [3.05, 3.63) is 47.0 Å². The molecule has 0 atom stereocenters. The average molecular weight is 340 g/mol. The second-order valence-electron chi connectivity index (χ2n) is 5.86. The van der Waals surface area contributed by atoms with Gasteiger partial charge in [-0.2, -0.15) is 0 Å². The molecule has 1 aromatic heterocycles. The van der Waals surface area contributed by atoms with E-state index in [1.54, 1.807) is 0 Å². The fraction of sp³-hybridized carbons (Fsp3) is 0.222. The maximum absolute atomic E-state index is 12.3. The van der Waals surface area contributed by atoms with Crippen molar-refractivity contribution in [2.24, 2.45) is 0 Å². The number of amides is 1. The predicted molar refractivity (Wildman–Crippen MR) is 94.0 cm³/mol. The fourth-order valence-electron chi connectivity index (χ4n) is 2.83. The van der Waals surface area contributed by atoms with Crippen LogP contribution < -0.4 is 14.8 Å². The Labute approximate surface area is 143 Å². The molecule has 0 spiro atoms. The number of benzene rings is 2. The second-order valence-corrected chi connectivity index (χ2v) is 6.86. The standard InChI is InChI=1S/C18H16N2O3S/c1-10-5-11(2)17-13(6-10)19-18(24-17)20-16(21)8-12-3-4-14-15(7-12)23-9-22-14/h3-7H,8-9H2,1-2H3,(H,19,20,21). The normalized spacial score (nSPS) is 12.6. The summed E-state index contributed by atoms with van der Waals surface area (Å²) in [4.78, 5) is 16.8. The maximum Gasteiger partial charge on any atom is 0.231 e. The van der Waals surface area contributed by atoms with Crippen LogP contribution in [0.4, 0.5) is 5.13 Å². The number of rotatable bonds is 3. The van der Waals surface area contributed by atoms with Gasteiger partial charge in [-0.3, -0.25) is 4.79 Å². The lowest BCUT2D eigenvalue weighted by molar-refractivity contribution is -0.115. The van der Waals surface area contributed by atoms with Crippen LogP contribution in [-0.2, 0) is 11.2 Å². The van der Waals surface area contributed by atoms with Gasteiger partial charge in [0.15, 0.2) is 16.6 Å². The van der Waals surface area contributed by atoms with Crippen molar-refractivity contribution in [2.75, 3.05) is 12.1 Å². The molecule has 0 aliphatic carbocycles. The molecule has 2 heterocycles. The lowest BCUT2D eigenvalue weighted by atomic mass is 10.1. The van der Waals surface area contributed by atoms with E-state index in [0.29, 0.717) is 10.9 Å². The summed E-state index contributed by atoms with van der Waals surface area (Å²) in [5, 5.41) is 3.52. The molecule has 1 amide bonds. The number of hydrogen-bond donors (Lipinski definition) is 1. The summed E-state index contributed by atoms with van der Waals surface area (Å²) in [5.74, 6) is 1.31. The Kier molecular flexibility index (Phi) is 3.61. The Morgan fingerprint density at radius 2 is 2.04 bits per heavy atom. The molecular weight excluding hydrogens is 324 g/mol. The van der Waals surface area contributed by atoms with Crippen LogP contribution in [0.15, 0.2) is 30.3 Å². The van der Waals surface area contributed by atoms with Gasteiger partial charge in [-0.25, -0.2) is 4.98 Å². The summed E-state index contributed by atoms with van der Waals surface area (Å²) >= 11 is 1.50. The summed E-state index contributed by atoms with van der Waals surface area (Å²) in [7, 11) is 0. The van der Waals surface area contributed by atoms with Crippen molar-refractivity contribution in [1.82, 2.24) is 4.98 Å². The van der Waals surface area contributed by atoms with Crippen molar-refractivity contribution in [3.63, 3.8) is 0 Å². The molecule has 4 rings (SSSR count). The highest BCUT2D eigenvalue weighted by atomic mass is 32.1. The number of nitrogens with zero attached hydrogens (tertiary/aromatic N) is 1. The monoisotopic (exact) mass is 340 g/mol. The Hall–Kier alpha value is -2.60. The van der Waals surface area contributed by atoms with Crippen LogP contribution >= 0.6 is 11.3 Å². The van der Waals surface area contributed by atoms with Crippen LogP contribution in [0.2, 0.25) is 0 Å². The Bertz CT molecular complexity index is 949. The number of aromatic nitrogens is 1. The number of hydrogen-bond acceptors (Lipinski definition) is 5. The van der Waals surface area contributed by atoms with Crippen LogP contribution in [-0.4, -0.2) is 17.7 Å². The molecule has 122 valence electrons. The molecule has 24 heavy (non-hydrogen) atoms. The number of fused-ring (bicyclic) bond motifs is 2. The zero-order valence-corrected chi connectivity index (χ0v) is 14.2. The van der Waals surface area contributed by atoms with E-state index in [9.17, 15) is 4.79 Å². The number of ether oxygens (including phenoxy) is 2. The molecule has 0 fully saturated rings. The number of nitrogens with one attached hydrogen (secondary N) is 1. The summed E-state index contributed by atoms with van der Waals surface area (Å²) in [5.41, 5.74) is 4.16. The van der Waals surface area contributed by atoms with E-state index >= 15 is 0 Å². The molecule has 3 aromatic rings. The minimum Gasteiger partial charge on any atom is -0.454 e. The van der Waals surface area contributed by atoms with Gasteiger partial charge in [0, 0.05) is 0 Å². The van der Waals surface area contributed by atoms with Gasteiger partial charge in [0.2, 0.25) is 12.7 Å². The van der Waals surface area contributed by atoms with Crippen molar-refractivity contribution in [2.45, 2.75) is 20.3 Å². The van der Waals surface area contributed by atoms with E-state index < -0.39 is 0 Å². The zero-order chi connectivity index (χ0) is 16.7. The van der Waals surface area contributed by atoms with Crippen molar-refractivity contribution in [3.8, 4) is 11.5 Å².